The number of aldehydes is 1. The molecule has 0 aliphatic heterocycles. The van der Waals surface area contributed by atoms with Gasteiger partial charge in [-0.05, 0) is 25.7 Å². The highest BCUT2D eigenvalue weighted by Gasteiger charge is 2.21. The van der Waals surface area contributed by atoms with E-state index in [1.54, 1.807) is 0 Å². The largest absolute Gasteiger partial charge is 0.392 e. The third kappa shape index (κ3) is 5.18. The molecule has 0 saturated heterocycles. The molecule has 2 nitrogen and oxygen atoms in total. The Hall–Kier alpha value is -0.630. The van der Waals surface area contributed by atoms with Crippen molar-refractivity contribution in [3.63, 3.8) is 0 Å². The van der Waals surface area contributed by atoms with E-state index in [-0.39, 0.29) is 19.3 Å². The second-order valence-electron chi connectivity index (χ2n) is 3.48. The van der Waals surface area contributed by atoms with Crippen molar-refractivity contribution in [2.75, 3.05) is 0 Å². The number of carbonyl (C=O) groups excluding carboxylic acids is 1. The van der Waals surface area contributed by atoms with Crippen LogP contribution in [0.1, 0.15) is 41.0 Å². The SMILES string of the molecule is C.C/C=C/C[C@@H](C)[C@@H](O)[C@@H](C=O)CC. The summed E-state index contributed by atoms with van der Waals surface area (Å²) < 4.78 is 0. The van der Waals surface area contributed by atoms with Gasteiger partial charge in [0, 0.05) is 5.92 Å². The van der Waals surface area contributed by atoms with Gasteiger partial charge in [-0.1, -0.05) is 33.4 Å². The maximum atomic E-state index is 10.6. The van der Waals surface area contributed by atoms with Gasteiger partial charge in [0.05, 0.1) is 6.10 Å². The van der Waals surface area contributed by atoms with Crippen molar-refractivity contribution < 1.29 is 9.90 Å². The second-order valence-corrected chi connectivity index (χ2v) is 3.48. The van der Waals surface area contributed by atoms with Gasteiger partial charge in [-0.3, -0.25) is 0 Å². The molecule has 84 valence electrons. The summed E-state index contributed by atoms with van der Waals surface area (Å²) in [4.78, 5) is 10.6. The van der Waals surface area contributed by atoms with E-state index in [2.05, 4.69) is 0 Å². The van der Waals surface area contributed by atoms with Crippen molar-refractivity contribution in [3.8, 4) is 0 Å². The molecule has 0 rings (SSSR count). The van der Waals surface area contributed by atoms with Crippen LogP contribution in [0.15, 0.2) is 12.2 Å². The molecule has 0 aromatic heterocycles. The van der Waals surface area contributed by atoms with Crippen molar-refractivity contribution in [2.45, 2.75) is 47.1 Å². The smallest absolute Gasteiger partial charge is 0.125 e. The number of carbonyl (C=O) groups is 1. The van der Waals surface area contributed by atoms with Crippen LogP contribution in [0.2, 0.25) is 0 Å². The summed E-state index contributed by atoms with van der Waals surface area (Å²) >= 11 is 0. The molecule has 14 heavy (non-hydrogen) atoms. The molecule has 0 radical (unpaired) electrons. The zero-order valence-electron chi connectivity index (χ0n) is 8.73. The van der Waals surface area contributed by atoms with Crippen LogP contribution in [0, 0.1) is 11.8 Å². The van der Waals surface area contributed by atoms with Crippen LogP contribution in [0.5, 0.6) is 0 Å². The van der Waals surface area contributed by atoms with E-state index in [1.807, 2.05) is 32.9 Å². The molecule has 0 aromatic carbocycles. The van der Waals surface area contributed by atoms with Crippen molar-refractivity contribution in [1.82, 2.24) is 0 Å². The zero-order chi connectivity index (χ0) is 10.3. The minimum absolute atomic E-state index is 0. The third-order valence-corrected chi connectivity index (χ3v) is 2.41. The van der Waals surface area contributed by atoms with Gasteiger partial charge >= 0.3 is 0 Å². The van der Waals surface area contributed by atoms with Gasteiger partial charge in [0.15, 0.2) is 0 Å². The molecule has 0 aliphatic rings. The summed E-state index contributed by atoms with van der Waals surface area (Å²) in [7, 11) is 0. The number of hydrogen-bond acceptors (Lipinski definition) is 2. The second kappa shape index (κ2) is 8.95. The fraction of sp³-hybridized carbons (Fsp3) is 0.750. The van der Waals surface area contributed by atoms with E-state index in [0.29, 0.717) is 6.42 Å². The minimum Gasteiger partial charge on any atom is -0.392 e. The molecule has 0 amide bonds. The molecule has 3 atom stereocenters. The molecule has 2 heteroatoms. The van der Waals surface area contributed by atoms with Gasteiger partial charge in [0.2, 0.25) is 0 Å². The van der Waals surface area contributed by atoms with Crippen molar-refractivity contribution in [1.29, 1.82) is 0 Å². The monoisotopic (exact) mass is 200 g/mol. The Balaban J connectivity index is 0. The van der Waals surface area contributed by atoms with Crippen molar-refractivity contribution >= 4 is 6.29 Å². The molecular weight excluding hydrogens is 176 g/mol. The maximum Gasteiger partial charge on any atom is 0.125 e. The van der Waals surface area contributed by atoms with Gasteiger partial charge in [-0.15, -0.1) is 0 Å². The van der Waals surface area contributed by atoms with Gasteiger partial charge < -0.3 is 9.90 Å². The quantitative estimate of drug-likeness (QED) is 0.529. The summed E-state index contributed by atoms with van der Waals surface area (Å²) in [6, 6.07) is 0. The standard InChI is InChI=1S/C11H20O2.CH4/c1-4-6-7-9(3)11(13)10(5-2)8-12;/h4,6,8-11,13H,5,7H2,1-3H3;1H4/b6-4+;/t9-,10-,11-;/m1./s1. The van der Waals surface area contributed by atoms with Crippen LogP contribution in [0.3, 0.4) is 0 Å². The molecule has 0 unspecified atom stereocenters. The number of rotatable bonds is 6. The van der Waals surface area contributed by atoms with Crippen LogP contribution < -0.4 is 0 Å². The summed E-state index contributed by atoms with van der Waals surface area (Å²) in [5, 5.41) is 9.74. The maximum absolute atomic E-state index is 10.6. The number of hydrogen-bond donors (Lipinski definition) is 1. The molecule has 1 N–H and O–H groups in total. The highest BCUT2D eigenvalue weighted by molar-refractivity contribution is 5.54. The summed E-state index contributed by atoms with van der Waals surface area (Å²) in [5.41, 5.74) is 0. The van der Waals surface area contributed by atoms with Crippen LogP contribution in [0.4, 0.5) is 0 Å². The lowest BCUT2D eigenvalue weighted by molar-refractivity contribution is -0.115. The first-order chi connectivity index (χ1) is 6.17. The fourth-order valence-electron chi connectivity index (χ4n) is 1.33. The summed E-state index contributed by atoms with van der Waals surface area (Å²) in [6.07, 6.45) is 5.89. The lowest BCUT2D eigenvalue weighted by atomic mass is 9.89. The van der Waals surface area contributed by atoms with Gasteiger partial charge in [0.25, 0.3) is 0 Å². The van der Waals surface area contributed by atoms with Gasteiger partial charge in [-0.2, -0.15) is 0 Å². The van der Waals surface area contributed by atoms with Crippen LogP contribution >= 0.6 is 0 Å². The normalized spacial score (nSPS) is 17.1. The molecular formula is C12H24O2. The Kier molecular flexibility index (Phi) is 10.1. The molecule has 0 fully saturated rings. The minimum atomic E-state index is -0.501. The first-order valence-electron chi connectivity index (χ1n) is 4.91. The topological polar surface area (TPSA) is 37.3 Å². The number of aliphatic hydroxyl groups is 1. The predicted molar refractivity (Wildman–Crippen MR) is 61.2 cm³/mol. The van der Waals surface area contributed by atoms with E-state index in [4.69, 9.17) is 0 Å². The van der Waals surface area contributed by atoms with Gasteiger partial charge in [-0.25, -0.2) is 0 Å². The van der Waals surface area contributed by atoms with Crippen LogP contribution in [-0.4, -0.2) is 17.5 Å². The van der Waals surface area contributed by atoms with E-state index >= 15 is 0 Å². The van der Waals surface area contributed by atoms with Crippen molar-refractivity contribution in [3.05, 3.63) is 12.2 Å². The first kappa shape index (κ1) is 15.8. The Morgan fingerprint density at radius 1 is 1.43 bits per heavy atom. The third-order valence-electron chi connectivity index (χ3n) is 2.41. The molecule has 0 spiro atoms. The summed E-state index contributed by atoms with van der Waals surface area (Å²) in [6.45, 7) is 5.84. The Morgan fingerprint density at radius 2 is 2.00 bits per heavy atom. The molecule has 0 bridgehead atoms. The van der Waals surface area contributed by atoms with Crippen molar-refractivity contribution in [2.24, 2.45) is 11.8 Å². The average Bonchev–Trinajstić information content (AvgIpc) is 2.15. The van der Waals surface area contributed by atoms with Gasteiger partial charge in [0.1, 0.15) is 6.29 Å². The predicted octanol–water partition coefficient (Wildman–Crippen LogP) is 2.81. The fourth-order valence-corrected chi connectivity index (χ4v) is 1.33. The summed E-state index contributed by atoms with van der Waals surface area (Å²) in [5.74, 6) is -0.0494. The van der Waals surface area contributed by atoms with E-state index in [0.717, 1.165) is 12.7 Å². The molecule has 0 aliphatic carbocycles. The number of aliphatic hydroxyl groups excluding tert-OH is 1. The van der Waals surface area contributed by atoms with Crippen LogP contribution in [0.25, 0.3) is 0 Å². The van der Waals surface area contributed by atoms with E-state index in [9.17, 15) is 9.90 Å². The molecule has 0 heterocycles. The molecule has 0 aromatic rings. The lowest BCUT2D eigenvalue weighted by Crippen LogP contribution is -2.27. The Morgan fingerprint density at radius 3 is 2.36 bits per heavy atom. The van der Waals surface area contributed by atoms with Crippen LogP contribution in [-0.2, 0) is 4.79 Å². The lowest BCUT2D eigenvalue weighted by Gasteiger charge is -2.21. The molecule has 0 saturated carbocycles. The highest BCUT2D eigenvalue weighted by Crippen LogP contribution is 2.17. The average molecular weight is 200 g/mol. The highest BCUT2D eigenvalue weighted by atomic mass is 16.3. The Labute approximate surface area is 88.0 Å². The zero-order valence-corrected chi connectivity index (χ0v) is 8.73. The number of allylic oxidation sites excluding steroid dienone is 2. The van der Waals surface area contributed by atoms with E-state index in [1.165, 1.54) is 0 Å². The Bertz CT molecular complexity index is 164. The van der Waals surface area contributed by atoms with E-state index < -0.39 is 6.10 Å². The first-order valence-corrected chi connectivity index (χ1v) is 4.91.